The van der Waals surface area contributed by atoms with E-state index in [0.29, 0.717) is 5.56 Å². The monoisotopic (exact) mass is 315 g/mol. The number of anilines is 1. The summed E-state index contributed by atoms with van der Waals surface area (Å²) in [6, 6.07) is 10.2. The molecule has 0 amide bonds. The van der Waals surface area contributed by atoms with Gasteiger partial charge in [0.05, 0.1) is 10.6 Å². The molecule has 2 N–H and O–H groups in total. The molecular formula is C16H14FN3OS. The van der Waals surface area contributed by atoms with Crippen LogP contribution in [-0.2, 0) is 6.42 Å². The van der Waals surface area contributed by atoms with E-state index in [2.05, 4.69) is 15.3 Å². The van der Waals surface area contributed by atoms with E-state index in [0.717, 1.165) is 16.3 Å². The van der Waals surface area contributed by atoms with Gasteiger partial charge in [0.1, 0.15) is 18.4 Å². The quantitative estimate of drug-likeness (QED) is 0.709. The third-order valence-electron chi connectivity index (χ3n) is 3.14. The van der Waals surface area contributed by atoms with E-state index in [1.54, 1.807) is 24.4 Å². The van der Waals surface area contributed by atoms with Crippen LogP contribution >= 0.6 is 11.3 Å². The Morgan fingerprint density at radius 1 is 1.27 bits per heavy atom. The van der Waals surface area contributed by atoms with E-state index in [9.17, 15) is 9.50 Å². The molecule has 1 atom stereocenters. The summed E-state index contributed by atoms with van der Waals surface area (Å²) in [6.45, 7) is 0. The molecule has 0 radical (unpaired) electrons. The Bertz CT molecular complexity index is 748. The van der Waals surface area contributed by atoms with Gasteiger partial charge in [-0.15, -0.1) is 11.3 Å². The SMILES string of the molecule is OC(Cc1ccccc1F)Nc1csc(-c2ccncn2)c1. The number of halogens is 1. The highest BCUT2D eigenvalue weighted by Crippen LogP contribution is 2.28. The minimum absolute atomic E-state index is 0.200. The lowest BCUT2D eigenvalue weighted by Gasteiger charge is -2.13. The largest absolute Gasteiger partial charge is 0.373 e. The molecule has 0 saturated carbocycles. The van der Waals surface area contributed by atoms with Crippen molar-refractivity contribution < 1.29 is 9.50 Å². The first-order valence-corrected chi connectivity index (χ1v) is 7.63. The van der Waals surface area contributed by atoms with Crippen LogP contribution in [0.2, 0.25) is 0 Å². The molecular weight excluding hydrogens is 301 g/mol. The fourth-order valence-electron chi connectivity index (χ4n) is 2.10. The second kappa shape index (κ2) is 6.64. The van der Waals surface area contributed by atoms with Crippen molar-refractivity contribution in [3.63, 3.8) is 0 Å². The van der Waals surface area contributed by atoms with Gasteiger partial charge in [-0.3, -0.25) is 0 Å². The number of rotatable bonds is 5. The molecule has 0 fully saturated rings. The molecule has 6 heteroatoms. The minimum Gasteiger partial charge on any atom is -0.373 e. The van der Waals surface area contributed by atoms with Crippen LogP contribution in [-0.4, -0.2) is 21.3 Å². The van der Waals surface area contributed by atoms with Gasteiger partial charge in [-0.2, -0.15) is 0 Å². The van der Waals surface area contributed by atoms with Crippen LogP contribution in [0.3, 0.4) is 0 Å². The van der Waals surface area contributed by atoms with Crippen molar-refractivity contribution in [3.05, 3.63) is 65.7 Å². The molecule has 0 saturated heterocycles. The van der Waals surface area contributed by atoms with Gasteiger partial charge in [0.15, 0.2) is 0 Å². The summed E-state index contributed by atoms with van der Waals surface area (Å²) in [4.78, 5) is 9.04. The number of nitrogens with one attached hydrogen (secondary N) is 1. The number of hydrogen-bond acceptors (Lipinski definition) is 5. The number of thiophene rings is 1. The van der Waals surface area contributed by atoms with Crippen molar-refractivity contribution >= 4 is 17.0 Å². The average Bonchev–Trinajstić information content (AvgIpc) is 2.99. The Morgan fingerprint density at radius 2 is 2.14 bits per heavy atom. The summed E-state index contributed by atoms with van der Waals surface area (Å²) >= 11 is 1.52. The highest BCUT2D eigenvalue weighted by atomic mass is 32.1. The number of hydrogen-bond donors (Lipinski definition) is 2. The third-order valence-corrected chi connectivity index (χ3v) is 4.09. The Balaban J connectivity index is 1.66. The molecule has 3 aromatic rings. The van der Waals surface area contributed by atoms with Crippen molar-refractivity contribution in [1.82, 2.24) is 9.97 Å². The van der Waals surface area contributed by atoms with Crippen molar-refractivity contribution in [2.75, 3.05) is 5.32 Å². The zero-order chi connectivity index (χ0) is 15.4. The van der Waals surface area contributed by atoms with Gasteiger partial charge >= 0.3 is 0 Å². The lowest BCUT2D eigenvalue weighted by atomic mass is 10.1. The van der Waals surface area contributed by atoms with Crippen molar-refractivity contribution in [2.24, 2.45) is 0 Å². The predicted molar refractivity (Wildman–Crippen MR) is 85.1 cm³/mol. The standard InChI is InChI=1S/C16H14FN3OS/c17-13-4-2-1-3-11(13)7-16(21)20-12-8-15(22-9-12)14-5-6-18-10-19-14/h1-6,8-10,16,20-21H,7H2. The molecule has 112 valence electrons. The minimum atomic E-state index is -0.857. The second-order valence-electron chi connectivity index (χ2n) is 4.75. The predicted octanol–water partition coefficient (Wildman–Crippen LogP) is 3.32. The van der Waals surface area contributed by atoms with Gasteiger partial charge in [-0.05, 0) is 23.8 Å². The summed E-state index contributed by atoms with van der Waals surface area (Å²) in [5.74, 6) is -0.310. The fraction of sp³-hybridized carbons (Fsp3) is 0.125. The van der Waals surface area contributed by atoms with E-state index in [1.165, 1.54) is 23.7 Å². The van der Waals surface area contributed by atoms with Crippen LogP contribution in [0.5, 0.6) is 0 Å². The maximum atomic E-state index is 13.6. The highest BCUT2D eigenvalue weighted by molar-refractivity contribution is 7.14. The fourth-order valence-corrected chi connectivity index (χ4v) is 2.92. The Morgan fingerprint density at radius 3 is 2.91 bits per heavy atom. The molecule has 2 aromatic heterocycles. The first-order chi connectivity index (χ1) is 10.7. The first kappa shape index (κ1) is 14.6. The van der Waals surface area contributed by atoms with Crippen molar-refractivity contribution in [3.8, 4) is 10.6 Å². The molecule has 22 heavy (non-hydrogen) atoms. The highest BCUT2D eigenvalue weighted by Gasteiger charge is 2.10. The Hall–Kier alpha value is -2.31. The number of benzene rings is 1. The summed E-state index contributed by atoms with van der Waals surface area (Å²) in [5.41, 5.74) is 2.09. The van der Waals surface area contributed by atoms with Crippen LogP contribution in [0.15, 0.2) is 54.3 Å². The molecule has 1 aromatic carbocycles. The summed E-state index contributed by atoms with van der Waals surface area (Å²) in [5, 5.41) is 14.9. The van der Waals surface area contributed by atoms with Gasteiger partial charge in [0.2, 0.25) is 0 Å². The number of aliphatic hydroxyl groups is 1. The number of aliphatic hydroxyl groups excluding tert-OH is 1. The molecule has 0 aliphatic heterocycles. The van der Waals surface area contributed by atoms with Crippen LogP contribution < -0.4 is 5.32 Å². The van der Waals surface area contributed by atoms with Crippen LogP contribution in [0.4, 0.5) is 10.1 Å². The normalized spacial score (nSPS) is 12.1. The number of nitrogens with zero attached hydrogens (tertiary/aromatic N) is 2. The lowest BCUT2D eigenvalue weighted by molar-refractivity contribution is 0.203. The van der Waals surface area contributed by atoms with Crippen molar-refractivity contribution in [1.29, 1.82) is 0 Å². The molecule has 0 aliphatic carbocycles. The van der Waals surface area contributed by atoms with Crippen LogP contribution in [0, 0.1) is 5.82 Å². The van der Waals surface area contributed by atoms with Gasteiger partial charge in [-0.25, -0.2) is 14.4 Å². The lowest BCUT2D eigenvalue weighted by Crippen LogP contribution is -2.21. The molecule has 4 nitrogen and oxygen atoms in total. The molecule has 2 heterocycles. The van der Waals surface area contributed by atoms with E-state index >= 15 is 0 Å². The van der Waals surface area contributed by atoms with Gasteiger partial charge in [-0.1, -0.05) is 18.2 Å². The maximum absolute atomic E-state index is 13.6. The maximum Gasteiger partial charge on any atom is 0.128 e. The van der Waals surface area contributed by atoms with Crippen molar-refractivity contribution in [2.45, 2.75) is 12.6 Å². The van der Waals surface area contributed by atoms with Crippen LogP contribution in [0.25, 0.3) is 10.6 Å². The third kappa shape index (κ3) is 3.47. The first-order valence-electron chi connectivity index (χ1n) is 6.75. The molecule has 0 bridgehead atoms. The smallest absolute Gasteiger partial charge is 0.128 e. The zero-order valence-electron chi connectivity index (χ0n) is 11.6. The van der Waals surface area contributed by atoms with E-state index in [1.807, 2.05) is 17.5 Å². The van der Waals surface area contributed by atoms with Crippen LogP contribution in [0.1, 0.15) is 5.56 Å². The van der Waals surface area contributed by atoms with Gasteiger partial charge in [0.25, 0.3) is 0 Å². The topological polar surface area (TPSA) is 58.0 Å². The van der Waals surface area contributed by atoms with E-state index in [-0.39, 0.29) is 12.2 Å². The number of aromatic nitrogens is 2. The van der Waals surface area contributed by atoms with Gasteiger partial charge in [0, 0.05) is 23.7 Å². The van der Waals surface area contributed by atoms with Gasteiger partial charge < -0.3 is 10.4 Å². The molecule has 3 rings (SSSR count). The van der Waals surface area contributed by atoms with E-state index in [4.69, 9.17) is 0 Å². The molecule has 0 aliphatic rings. The average molecular weight is 315 g/mol. The summed E-state index contributed by atoms with van der Waals surface area (Å²) in [6.07, 6.45) is 2.52. The molecule has 0 spiro atoms. The summed E-state index contributed by atoms with van der Waals surface area (Å²) in [7, 11) is 0. The Kier molecular flexibility index (Phi) is 4.41. The second-order valence-corrected chi connectivity index (χ2v) is 5.66. The summed E-state index contributed by atoms with van der Waals surface area (Å²) < 4.78 is 13.6. The molecule has 1 unspecified atom stereocenters. The van der Waals surface area contributed by atoms with E-state index < -0.39 is 6.23 Å². The zero-order valence-corrected chi connectivity index (χ0v) is 12.4. The Labute approximate surface area is 131 Å².